The highest BCUT2D eigenvalue weighted by atomic mass is 32.1. The molecular weight excluding hydrogens is 693 g/mol. The van der Waals surface area contributed by atoms with Gasteiger partial charge in [0.1, 0.15) is 11.2 Å². The van der Waals surface area contributed by atoms with Gasteiger partial charge in [0.25, 0.3) is 0 Å². The fourth-order valence-corrected chi connectivity index (χ4v) is 9.58. The summed E-state index contributed by atoms with van der Waals surface area (Å²) in [5, 5.41) is 9.27. The molecule has 0 amide bonds. The van der Waals surface area contributed by atoms with Gasteiger partial charge in [-0.15, -0.1) is 11.3 Å². The molecule has 55 heavy (non-hydrogen) atoms. The molecule has 0 bridgehead atoms. The maximum Gasteiger partial charge on any atom is 0.167 e. The van der Waals surface area contributed by atoms with E-state index in [1.807, 2.05) is 12.1 Å². The quantitative estimate of drug-likeness (QED) is 0.182. The number of hydrogen-bond acceptors (Lipinski definition) is 5. The van der Waals surface area contributed by atoms with Crippen LogP contribution in [-0.2, 0) is 0 Å². The van der Waals surface area contributed by atoms with Crippen LogP contribution in [-0.4, -0.2) is 19.5 Å². The Morgan fingerprint density at radius 3 is 1.84 bits per heavy atom. The van der Waals surface area contributed by atoms with E-state index in [9.17, 15) is 0 Å². The van der Waals surface area contributed by atoms with Gasteiger partial charge in [-0.1, -0.05) is 109 Å². The van der Waals surface area contributed by atoms with E-state index < -0.39 is 0 Å². The predicted molar refractivity (Wildman–Crippen MR) is 228 cm³/mol. The molecule has 0 fully saturated rings. The monoisotopic (exact) mass is 720 g/mol. The number of aromatic nitrogens is 4. The first-order valence-electron chi connectivity index (χ1n) is 18.4. The number of thiophene rings is 1. The number of hydrogen-bond donors (Lipinski definition) is 0. The van der Waals surface area contributed by atoms with Crippen LogP contribution in [0.3, 0.4) is 0 Å². The van der Waals surface area contributed by atoms with Crippen molar-refractivity contribution >= 4 is 86.0 Å². The molecule has 6 heteroatoms. The van der Waals surface area contributed by atoms with Crippen LogP contribution in [0.2, 0.25) is 0 Å². The molecule has 0 saturated carbocycles. The lowest BCUT2D eigenvalue weighted by Crippen LogP contribution is -2.01. The van der Waals surface area contributed by atoms with Crippen molar-refractivity contribution < 1.29 is 4.42 Å². The van der Waals surface area contributed by atoms with E-state index in [4.69, 9.17) is 19.4 Å². The van der Waals surface area contributed by atoms with Crippen LogP contribution in [0, 0.1) is 0 Å². The molecule has 0 aliphatic carbocycles. The molecule has 4 heterocycles. The van der Waals surface area contributed by atoms with Crippen molar-refractivity contribution in [3.8, 4) is 39.9 Å². The summed E-state index contributed by atoms with van der Waals surface area (Å²) in [6.07, 6.45) is 0. The topological polar surface area (TPSA) is 56.7 Å². The molecule has 0 atom stereocenters. The number of para-hydroxylation sites is 3. The average Bonchev–Trinajstić information content (AvgIpc) is 3.93. The zero-order valence-electron chi connectivity index (χ0n) is 29.3. The second-order valence-corrected chi connectivity index (χ2v) is 15.0. The molecular formula is C49H28N4OS. The summed E-state index contributed by atoms with van der Waals surface area (Å²) in [6.45, 7) is 0. The van der Waals surface area contributed by atoms with Crippen molar-refractivity contribution in [2.45, 2.75) is 0 Å². The molecule has 0 saturated heterocycles. The van der Waals surface area contributed by atoms with Crippen molar-refractivity contribution in [2.24, 2.45) is 0 Å². The minimum atomic E-state index is 0.569. The van der Waals surface area contributed by atoms with E-state index in [1.54, 1.807) is 11.3 Å². The largest absolute Gasteiger partial charge is 0.455 e. The van der Waals surface area contributed by atoms with E-state index in [1.165, 1.54) is 37.3 Å². The van der Waals surface area contributed by atoms with Crippen LogP contribution in [0.5, 0.6) is 0 Å². The Bertz CT molecular complexity index is 3450. The highest BCUT2D eigenvalue weighted by Crippen LogP contribution is 2.43. The summed E-state index contributed by atoms with van der Waals surface area (Å²) in [7, 11) is 0. The molecule has 5 nitrogen and oxygen atoms in total. The number of fused-ring (bicyclic) bond motifs is 11. The maximum absolute atomic E-state index is 6.67. The number of furan rings is 1. The standard InChI is InChI=1S/C49H28N4OS/c1-2-13-32-30(12-1)28-39(45-44(32)37-17-5-9-22-42(37)54-45)49-51-47(50-48(52-49)38-19-11-18-36-35-16-6-10-23-43(35)55-46(36)38)29-24-26-31(27-25-29)53-40-20-7-3-14-33(40)34-15-4-8-21-41(34)53/h1-28H. The number of nitrogens with zero attached hydrogens (tertiary/aromatic N) is 4. The normalized spacial score (nSPS) is 12.0. The second-order valence-electron chi connectivity index (χ2n) is 14.0. The fourth-order valence-electron chi connectivity index (χ4n) is 8.37. The molecule has 0 radical (unpaired) electrons. The summed E-state index contributed by atoms with van der Waals surface area (Å²) in [5.41, 5.74) is 7.73. The molecule has 12 rings (SSSR count). The Kier molecular flexibility index (Phi) is 6.44. The van der Waals surface area contributed by atoms with Crippen LogP contribution < -0.4 is 0 Å². The minimum absolute atomic E-state index is 0.569. The van der Waals surface area contributed by atoms with Crippen LogP contribution in [0.15, 0.2) is 174 Å². The zero-order chi connectivity index (χ0) is 36.0. The third kappa shape index (κ3) is 4.55. The Hall–Kier alpha value is -7.15. The van der Waals surface area contributed by atoms with Gasteiger partial charge in [0.15, 0.2) is 17.5 Å². The lowest BCUT2D eigenvalue weighted by Gasteiger charge is -2.12. The Morgan fingerprint density at radius 1 is 0.455 bits per heavy atom. The molecule has 0 aliphatic heterocycles. The lowest BCUT2D eigenvalue weighted by molar-refractivity contribution is 0.670. The first kappa shape index (κ1) is 30.3. The van der Waals surface area contributed by atoms with Gasteiger partial charge in [0.05, 0.1) is 16.6 Å². The number of rotatable bonds is 4. The van der Waals surface area contributed by atoms with Crippen LogP contribution in [0.1, 0.15) is 0 Å². The fraction of sp³-hybridized carbons (Fsp3) is 0. The van der Waals surface area contributed by atoms with E-state index in [0.717, 1.165) is 59.8 Å². The van der Waals surface area contributed by atoms with Crippen molar-refractivity contribution in [2.75, 3.05) is 0 Å². The van der Waals surface area contributed by atoms with Gasteiger partial charge >= 0.3 is 0 Å². The maximum atomic E-state index is 6.67. The van der Waals surface area contributed by atoms with Gasteiger partial charge in [-0.2, -0.15) is 0 Å². The third-order valence-corrected chi connectivity index (χ3v) is 12.1. The zero-order valence-corrected chi connectivity index (χ0v) is 30.1. The highest BCUT2D eigenvalue weighted by Gasteiger charge is 2.22. The van der Waals surface area contributed by atoms with Crippen molar-refractivity contribution in [3.05, 3.63) is 170 Å². The summed E-state index contributed by atoms with van der Waals surface area (Å²) < 4.78 is 11.4. The van der Waals surface area contributed by atoms with E-state index in [-0.39, 0.29) is 0 Å². The molecule has 256 valence electrons. The first-order valence-corrected chi connectivity index (χ1v) is 19.2. The van der Waals surface area contributed by atoms with Crippen LogP contribution in [0.25, 0.3) is 115 Å². The lowest BCUT2D eigenvalue weighted by atomic mass is 10.00. The van der Waals surface area contributed by atoms with E-state index in [2.05, 4.69) is 162 Å². The molecule has 4 aromatic heterocycles. The third-order valence-electron chi connectivity index (χ3n) is 10.9. The summed E-state index contributed by atoms with van der Waals surface area (Å²) in [5.74, 6) is 1.80. The highest BCUT2D eigenvalue weighted by molar-refractivity contribution is 7.26. The molecule has 0 unspecified atom stereocenters. The van der Waals surface area contributed by atoms with Gasteiger partial charge in [0, 0.05) is 58.5 Å². The van der Waals surface area contributed by atoms with Crippen molar-refractivity contribution in [3.63, 3.8) is 0 Å². The smallest absolute Gasteiger partial charge is 0.167 e. The molecule has 0 spiro atoms. The predicted octanol–water partition coefficient (Wildman–Crippen LogP) is 13.4. The summed E-state index contributed by atoms with van der Waals surface area (Å²) in [4.78, 5) is 15.8. The SMILES string of the molecule is c1ccc2c(c1)cc(-c1nc(-c3ccc(-n4c5ccccc5c5ccccc54)cc3)nc(-c3cccc4c3sc3ccccc34)n1)c1oc3ccccc3c12. The molecule has 12 aromatic rings. The van der Waals surface area contributed by atoms with Gasteiger partial charge in [0.2, 0.25) is 0 Å². The minimum Gasteiger partial charge on any atom is -0.455 e. The summed E-state index contributed by atoms with van der Waals surface area (Å²) in [6, 6.07) is 59.6. The Morgan fingerprint density at radius 2 is 1.05 bits per heavy atom. The van der Waals surface area contributed by atoms with Crippen LogP contribution >= 0.6 is 11.3 Å². The van der Waals surface area contributed by atoms with Crippen molar-refractivity contribution in [1.82, 2.24) is 19.5 Å². The first-order chi connectivity index (χ1) is 27.3. The van der Waals surface area contributed by atoms with Crippen LogP contribution in [0.4, 0.5) is 0 Å². The van der Waals surface area contributed by atoms with Gasteiger partial charge in [-0.05, 0) is 71.4 Å². The molecule has 0 N–H and O–H groups in total. The average molecular weight is 721 g/mol. The second kappa shape index (κ2) is 11.7. The van der Waals surface area contributed by atoms with Gasteiger partial charge in [-0.25, -0.2) is 15.0 Å². The van der Waals surface area contributed by atoms with Crippen molar-refractivity contribution in [1.29, 1.82) is 0 Å². The van der Waals surface area contributed by atoms with Gasteiger partial charge < -0.3 is 8.98 Å². The number of benzene rings is 8. The molecule has 8 aromatic carbocycles. The Balaban J connectivity index is 1.11. The summed E-state index contributed by atoms with van der Waals surface area (Å²) >= 11 is 1.77. The van der Waals surface area contributed by atoms with Gasteiger partial charge in [-0.3, -0.25) is 0 Å². The van der Waals surface area contributed by atoms with E-state index >= 15 is 0 Å². The Labute approximate surface area is 318 Å². The van der Waals surface area contributed by atoms with E-state index in [0.29, 0.717) is 17.5 Å². The molecule has 0 aliphatic rings.